The maximum atomic E-state index is 10.8. The highest BCUT2D eigenvalue weighted by Crippen LogP contribution is 2.35. The van der Waals surface area contributed by atoms with Crippen LogP contribution in [0.3, 0.4) is 0 Å². The van der Waals surface area contributed by atoms with Gasteiger partial charge in [-0.1, -0.05) is 28.1 Å². The Morgan fingerprint density at radius 2 is 1.75 bits per heavy atom. The van der Waals surface area contributed by atoms with Crippen LogP contribution in [-0.2, 0) is 0 Å². The molecule has 0 radical (unpaired) electrons. The Labute approximate surface area is 128 Å². The van der Waals surface area contributed by atoms with Gasteiger partial charge in [0, 0.05) is 10.0 Å². The quantitative estimate of drug-likeness (QED) is 0.897. The highest BCUT2D eigenvalue weighted by atomic mass is 79.9. The molecule has 0 saturated carbocycles. The molecule has 0 bridgehead atoms. The van der Waals surface area contributed by atoms with Crippen LogP contribution >= 0.6 is 15.9 Å². The van der Waals surface area contributed by atoms with Crippen molar-refractivity contribution in [1.82, 2.24) is 0 Å². The molecule has 2 nitrogen and oxygen atoms in total. The minimum absolute atomic E-state index is 0.692. The standard InChI is InChI=1S/C17H19BrO2/c1-10-7-12(3)16(15(8-10)20-4)17(19)14-9-13(18)6-5-11(14)2/h5-9,17,19H,1-4H3. The number of halogens is 1. The predicted molar refractivity (Wildman–Crippen MR) is 85.4 cm³/mol. The molecular weight excluding hydrogens is 316 g/mol. The van der Waals surface area contributed by atoms with Gasteiger partial charge in [0.2, 0.25) is 0 Å². The van der Waals surface area contributed by atoms with Crippen LogP contribution in [0, 0.1) is 20.8 Å². The Bertz CT molecular complexity index is 635. The van der Waals surface area contributed by atoms with Crippen LogP contribution in [0.2, 0.25) is 0 Å². The Kier molecular flexibility index (Phi) is 4.51. The van der Waals surface area contributed by atoms with E-state index in [9.17, 15) is 5.11 Å². The highest BCUT2D eigenvalue weighted by Gasteiger charge is 2.20. The van der Waals surface area contributed by atoms with E-state index in [4.69, 9.17) is 4.74 Å². The van der Waals surface area contributed by atoms with Crippen molar-refractivity contribution >= 4 is 15.9 Å². The first-order valence-electron chi connectivity index (χ1n) is 6.53. The average molecular weight is 335 g/mol. The summed E-state index contributed by atoms with van der Waals surface area (Å²) in [5, 5.41) is 10.8. The summed E-state index contributed by atoms with van der Waals surface area (Å²) >= 11 is 3.46. The highest BCUT2D eigenvalue weighted by molar-refractivity contribution is 9.10. The molecule has 2 rings (SSSR count). The van der Waals surface area contributed by atoms with Crippen LogP contribution < -0.4 is 4.74 Å². The molecule has 20 heavy (non-hydrogen) atoms. The number of rotatable bonds is 3. The fraction of sp³-hybridized carbons (Fsp3) is 0.294. The van der Waals surface area contributed by atoms with Gasteiger partial charge >= 0.3 is 0 Å². The van der Waals surface area contributed by atoms with Gasteiger partial charge in [-0.3, -0.25) is 0 Å². The summed E-state index contributed by atoms with van der Waals surface area (Å²) in [6.45, 7) is 6.03. The van der Waals surface area contributed by atoms with Crippen LogP contribution in [0.15, 0.2) is 34.8 Å². The summed E-state index contributed by atoms with van der Waals surface area (Å²) in [6, 6.07) is 9.95. The number of hydrogen-bond acceptors (Lipinski definition) is 2. The second kappa shape index (κ2) is 5.98. The first-order chi connectivity index (χ1) is 9.43. The molecule has 0 amide bonds. The summed E-state index contributed by atoms with van der Waals surface area (Å²) < 4.78 is 6.41. The zero-order valence-electron chi connectivity index (χ0n) is 12.2. The molecule has 0 heterocycles. The summed E-state index contributed by atoms with van der Waals surface area (Å²) in [4.78, 5) is 0. The molecule has 1 unspecified atom stereocenters. The molecule has 106 valence electrons. The molecule has 2 aromatic carbocycles. The first kappa shape index (κ1) is 15.1. The van der Waals surface area contributed by atoms with Crippen molar-refractivity contribution < 1.29 is 9.84 Å². The van der Waals surface area contributed by atoms with E-state index in [-0.39, 0.29) is 0 Å². The zero-order valence-corrected chi connectivity index (χ0v) is 13.8. The van der Waals surface area contributed by atoms with E-state index >= 15 is 0 Å². The lowest BCUT2D eigenvalue weighted by atomic mass is 9.93. The smallest absolute Gasteiger partial charge is 0.125 e. The van der Waals surface area contributed by atoms with Crippen molar-refractivity contribution in [1.29, 1.82) is 0 Å². The number of aliphatic hydroxyl groups is 1. The first-order valence-corrected chi connectivity index (χ1v) is 7.32. The minimum atomic E-state index is -0.692. The Morgan fingerprint density at radius 1 is 1.05 bits per heavy atom. The molecule has 1 atom stereocenters. The maximum absolute atomic E-state index is 10.8. The topological polar surface area (TPSA) is 29.5 Å². The summed E-state index contributed by atoms with van der Waals surface area (Å²) in [7, 11) is 1.64. The number of ether oxygens (including phenoxy) is 1. The molecule has 3 heteroatoms. The molecule has 0 aliphatic heterocycles. The van der Waals surface area contributed by atoms with E-state index in [2.05, 4.69) is 22.0 Å². The van der Waals surface area contributed by atoms with Gasteiger partial charge in [0.25, 0.3) is 0 Å². The average Bonchev–Trinajstić information content (AvgIpc) is 2.40. The van der Waals surface area contributed by atoms with Gasteiger partial charge in [-0.25, -0.2) is 0 Å². The minimum Gasteiger partial charge on any atom is -0.496 e. The number of benzene rings is 2. The van der Waals surface area contributed by atoms with Crippen molar-refractivity contribution in [2.75, 3.05) is 7.11 Å². The van der Waals surface area contributed by atoms with Crippen LogP contribution in [0.5, 0.6) is 5.75 Å². The van der Waals surface area contributed by atoms with E-state index in [0.717, 1.165) is 38.0 Å². The monoisotopic (exact) mass is 334 g/mol. The van der Waals surface area contributed by atoms with E-state index in [1.54, 1.807) is 7.11 Å². The van der Waals surface area contributed by atoms with Crippen LogP contribution in [-0.4, -0.2) is 12.2 Å². The molecular formula is C17H19BrO2. The third kappa shape index (κ3) is 2.89. The molecule has 0 aliphatic carbocycles. The third-order valence-electron chi connectivity index (χ3n) is 3.52. The van der Waals surface area contributed by atoms with Gasteiger partial charge in [0.05, 0.1) is 7.11 Å². The van der Waals surface area contributed by atoms with Gasteiger partial charge in [-0.15, -0.1) is 0 Å². The summed E-state index contributed by atoms with van der Waals surface area (Å²) in [5.41, 5.74) is 4.95. The second-order valence-electron chi connectivity index (χ2n) is 5.10. The molecule has 1 N–H and O–H groups in total. The van der Waals surface area contributed by atoms with E-state index < -0.39 is 6.10 Å². The Balaban J connectivity index is 2.58. The lowest BCUT2D eigenvalue weighted by Gasteiger charge is -2.20. The third-order valence-corrected chi connectivity index (χ3v) is 4.02. The van der Waals surface area contributed by atoms with Gasteiger partial charge in [0.1, 0.15) is 11.9 Å². The SMILES string of the molecule is COc1cc(C)cc(C)c1C(O)c1cc(Br)ccc1C. The van der Waals surface area contributed by atoms with Crippen molar-refractivity contribution in [2.24, 2.45) is 0 Å². The zero-order chi connectivity index (χ0) is 14.9. The lowest BCUT2D eigenvalue weighted by Crippen LogP contribution is -2.07. The van der Waals surface area contributed by atoms with Crippen LogP contribution in [0.1, 0.15) is 33.9 Å². The van der Waals surface area contributed by atoms with E-state index in [1.807, 2.05) is 45.0 Å². The Morgan fingerprint density at radius 3 is 2.40 bits per heavy atom. The lowest BCUT2D eigenvalue weighted by molar-refractivity contribution is 0.213. The molecule has 0 saturated heterocycles. The van der Waals surface area contributed by atoms with E-state index in [1.165, 1.54) is 0 Å². The molecule has 2 aromatic rings. The fourth-order valence-corrected chi connectivity index (χ4v) is 2.90. The molecule has 0 aromatic heterocycles. The number of hydrogen-bond donors (Lipinski definition) is 1. The van der Waals surface area contributed by atoms with Crippen molar-refractivity contribution in [2.45, 2.75) is 26.9 Å². The number of methoxy groups -OCH3 is 1. The van der Waals surface area contributed by atoms with Gasteiger partial charge < -0.3 is 9.84 Å². The van der Waals surface area contributed by atoms with Gasteiger partial charge in [0.15, 0.2) is 0 Å². The molecule has 0 fully saturated rings. The normalized spacial score (nSPS) is 12.3. The molecule has 0 spiro atoms. The van der Waals surface area contributed by atoms with Crippen LogP contribution in [0.25, 0.3) is 0 Å². The number of aryl methyl sites for hydroxylation is 3. The van der Waals surface area contributed by atoms with E-state index in [0.29, 0.717) is 0 Å². The fourth-order valence-electron chi connectivity index (χ4n) is 2.52. The van der Waals surface area contributed by atoms with Crippen molar-refractivity contribution in [3.8, 4) is 5.75 Å². The second-order valence-corrected chi connectivity index (χ2v) is 6.02. The van der Waals surface area contributed by atoms with Crippen molar-refractivity contribution in [3.05, 3.63) is 62.6 Å². The summed E-state index contributed by atoms with van der Waals surface area (Å²) in [6.07, 6.45) is -0.692. The maximum Gasteiger partial charge on any atom is 0.125 e. The van der Waals surface area contributed by atoms with Gasteiger partial charge in [-0.05, 0) is 61.2 Å². The largest absolute Gasteiger partial charge is 0.496 e. The van der Waals surface area contributed by atoms with Crippen LogP contribution in [0.4, 0.5) is 0 Å². The Hall–Kier alpha value is -1.32. The number of aliphatic hydroxyl groups excluding tert-OH is 1. The molecule has 0 aliphatic rings. The summed E-state index contributed by atoms with van der Waals surface area (Å²) in [5.74, 6) is 0.731. The van der Waals surface area contributed by atoms with Crippen molar-refractivity contribution in [3.63, 3.8) is 0 Å². The van der Waals surface area contributed by atoms with Gasteiger partial charge in [-0.2, -0.15) is 0 Å². The predicted octanol–water partition coefficient (Wildman–Crippen LogP) is 4.46.